The van der Waals surface area contributed by atoms with E-state index in [0.717, 1.165) is 0 Å². The molecular formula is C13H11BrN6O2. The summed E-state index contributed by atoms with van der Waals surface area (Å²) >= 11 is 3.09. The maximum absolute atomic E-state index is 11.8. The molecule has 0 fully saturated rings. The number of fused-ring (bicyclic) bond motifs is 1. The minimum atomic E-state index is -0.398. The highest BCUT2D eigenvalue weighted by atomic mass is 79.9. The molecule has 0 spiro atoms. The zero-order valence-electron chi connectivity index (χ0n) is 11.2. The van der Waals surface area contributed by atoms with Gasteiger partial charge in [-0.05, 0) is 18.2 Å². The molecule has 0 saturated carbocycles. The van der Waals surface area contributed by atoms with Crippen molar-refractivity contribution in [3.8, 4) is 5.69 Å². The molecule has 0 aliphatic rings. The topological polar surface area (TPSA) is 119 Å². The summed E-state index contributed by atoms with van der Waals surface area (Å²) in [5, 5.41) is 2.94. The molecular weight excluding hydrogens is 352 g/mol. The van der Waals surface area contributed by atoms with E-state index >= 15 is 0 Å². The van der Waals surface area contributed by atoms with Gasteiger partial charge in [0.25, 0.3) is 5.56 Å². The van der Waals surface area contributed by atoms with Crippen molar-refractivity contribution in [1.29, 1.82) is 0 Å². The second-order valence-electron chi connectivity index (χ2n) is 4.47. The van der Waals surface area contributed by atoms with Gasteiger partial charge in [-0.2, -0.15) is 4.98 Å². The van der Waals surface area contributed by atoms with Gasteiger partial charge in [0.05, 0.1) is 11.0 Å². The SMILES string of the molecule is Nc1nc2c(ncn2-c2cccc(NC(=O)CBr)c2)c(=O)[nH]1. The number of halogens is 1. The molecule has 0 atom stereocenters. The van der Waals surface area contributed by atoms with E-state index in [0.29, 0.717) is 17.0 Å². The number of imidazole rings is 1. The third-order valence-corrected chi connectivity index (χ3v) is 3.46. The summed E-state index contributed by atoms with van der Waals surface area (Å²) in [5.41, 5.74) is 7.05. The Balaban J connectivity index is 2.10. The Labute approximate surface area is 132 Å². The minimum absolute atomic E-state index is 0.0167. The number of H-pyrrole nitrogens is 1. The molecule has 4 N–H and O–H groups in total. The number of nitrogen functional groups attached to an aromatic ring is 1. The fourth-order valence-corrected chi connectivity index (χ4v) is 2.18. The van der Waals surface area contributed by atoms with Crippen molar-refractivity contribution in [1.82, 2.24) is 19.5 Å². The standard InChI is InChI=1S/C13H11BrN6O2/c14-5-9(21)17-7-2-1-3-8(4-7)20-6-16-10-11(20)18-13(15)19-12(10)22/h1-4,6H,5H2,(H,17,21)(H3,15,18,19,22). The number of carbonyl (C=O) groups excluding carboxylic acids is 1. The second-order valence-corrected chi connectivity index (χ2v) is 5.03. The summed E-state index contributed by atoms with van der Waals surface area (Å²) in [5.74, 6) is -0.144. The van der Waals surface area contributed by atoms with E-state index < -0.39 is 5.56 Å². The fraction of sp³-hybridized carbons (Fsp3) is 0.0769. The van der Waals surface area contributed by atoms with Crippen LogP contribution in [0.4, 0.5) is 11.6 Å². The molecule has 0 aliphatic carbocycles. The maximum atomic E-state index is 11.8. The highest BCUT2D eigenvalue weighted by molar-refractivity contribution is 9.09. The first-order valence-corrected chi connectivity index (χ1v) is 7.40. The van der Waals surface area contributed by atoms with Crippen LogP contribution in [0.1, 0.15) is 0 Å². The number of rotatable bonds is 3. The van der Waals surface area contributed by atoms with Crippen LogP contribution < -0.4 is 16.6 Å². The zero-order valence-corrected chi connectivity index (χ0v) is 12.8. The molecule has 2 aromatic heterocycles. The largest absolute Gasteiger partial charge is 0.369 e. The Hall–Kier alpha value is -2.68. The van der Waals surface area contributed by atoms with Gasteiger partial charge < -0.3 is 11.1 Å². The van der Waals surface area contributed by atoms with Crippen LogP contribution in [0.3, 0.4) is 0 Å². The summed E-state index contributed by atoms with van der Waals surface area (Å²) in [6.45, 7) is 0. The van der Waals surface area contributed by atoms with Crippen molar-refractivity contribution in [2.45, 2.75) is 0 Å². The quantitative estimate of drug-likeness (QED) is 0.601. The summed E-state index contributed by atoms with van der Waals surface area (Å²) in [6, 6.07) is 7.10. The predicted molar refractivity (Wildman–Crippen MR) is 86.3 cm³/mol. The molecule has 1 aromatic carbocycles. The third kappa shape index (κ3) is 2.58. The van der Waals surface area contributed by atoms with Crippen LogP contribution in [0.2, 0.25) is 0 Å². The van der Waals surface area contributed by atoms with E-state index in [1.807, 2.05) is 6.07 Å². The number of benzene rings is 1. The lowest BCUT2D eigenvalue weighted by Crippen LogP contribution is -2.13. The van der Waals surface area contributed by atoms with E-state index in [-0.39, 0.29) is 22.7 Å². The maximum Gasteiger partial charge on any atom is 0.280 e. The molecule has 3 rings (SSSR count). The number of aromatic nitrogens is 4. The molecule has 0 radical (unpaired) electrons. The zero-order chi connectivity index (χ0) is 15.7. The Kier molecular flexibility index (Phi) is 3.63. The lowest BCUT2D eigenvalue weighted by Gasteiger charge is -2.07. The van der Waals surface area contributed by atoms with Crippen molar-refractivity contribution in [3.05, 3.63) is 40.9 Å². The number of amides is 1. The van der Waals surface area contributed by atoms with Gasteiger partial charge >= 0.3 is 0 Å². The third-order valence-electron chi connectivity index (χ3n) is 2.95. The van der Waals surface area contributed by atoms with Crippen molar-refractivity contribution in [3.63, 3.8) is 0 Å². The molecule has 0 aliphatic heterocycles. The Morgan fingerprint density at radius 3 is 3.05 bits per heavy atom. The lowest BCUT2D eigenvalue weighted by molar-refractivity contribution is -0.113. The Morgan fingerprint density at radius 2 is 2.27 bits per heavy atom. The number of nitrogens with one attached hydrogen (secondary N) is 2. The van der Waals surface area contributed by atoms with Crippen LogP contribution in [0.5, 0.6) is 0 Å². The highest BCUT2D eigenvalue weighted by Gasteiger charge is 2.11. The molecule has 0 unspecified atom stereocenters. The van der Waals surface area contributed by atoms with Gasteiger partial charge in [0.1, 0.15) is 6.33 Å². The van der Waals surface area contributed by atoms with Crippen LogP contribution in [0.25, 0.3) is 16.9 Å². The first-order valence-electron chi connectivity index (χ1n) is 6.27. The van der Waals surface area contributed by atoms with E-state index in [2.05, 4.69) is 36.2 Å². The van der Waals surface area contributed by atoms with Gasteiger partial charge in [-0.1, -0.05) is 22.0 Å². The van der Waals surface area contributed by atoms with E-state index in [4.69, 9.17) is 5.73 Å². The van der Waals surface area contributed by atoms with Crippen LogP contribution in [0, 0.1) is 0 Å². The molecule has 112 valence electrons. The number of nitrogens with two attached hydrogens (primary N) is 1. The van der Waals surface area contributed by atoms with Crippen molar-refractivity contribution in [2.24, 2.45) is 0 Å². The molecule has 0 bridgehead atoms. The summed E-state index contributed by atoms with van der Waals surface area (Å²) < 4.78 is 1.63. The minimum Gasteiger partial charge on any atom is -0.369 e. The molecule has 3 aromatic rings. The van der Waals surface area contributed by atoms with Gasteiger partial charge in [0, 0.05) is 5.69 Å². The van der Waals surface area contributed by atoms with Gasteiger partial charge in [-0.15, -0.1) is 0 Å². The number of nitrogens with zero attached hydrogens (tertiary/aromatic N) is 3. The van der Waals surface area contributed by atoms with Gasteiger partial charge in [0.15, 0.2) is 11.2 Å². The van der Waals surface area contributed by atoms with E-state index in [9.17, 15) is 9.59 Å². The average Bonchev–Trinajstić information content (AvgIpc) is 2.91. The van der Waals surface area contributed by atoms with Gasteiger partial charge in [-0.3, -0.25) is 19.1 Å². The molecule has 0 saturated heterocycles. The first-order chi connectivity index (χ1) is 10.6. The molecule has 2 heterocycles. The van der Waals surface area contributed by atoms with Gasteiger partial charge in [-0.25, -0.2) is 4.98 Å². The van der Waals surface area contributed by atoms with Crippen molar-refractivity contribution in [2.75, 3.05) is 16.4 Å². The number of carbonyl (C=O) groups is 1. The summed E-state index contributed by atoms with van der Waals surface area (Å²) in [6.07, 6.45) is 1.48. The number of aromatic amines is 1. The number of hydrogen-bond acceptors (Lipinski definition) is 5. The number of hydrogen-bond donors (Lipinski definition) is 3. The van der Waals surface area contributed by atoms with E-state index in [1.54, 1.807) is 22.8 Å². The highest BCUT2D eigenvalue weighted by Crippen LogP contribution is 2.18. The van der Waals surface area contributed by atoms with Crippen LogP contribution >= 0.6 is 15.9 Å². The number of alkyl halides is 1. The first kappa shape index (κ1) is 14.3. The lowest BCUT2D eigenvalue weighted by atomic mass is 10.2. The predicted octanol–water partition coefficient (Wildman–Crippen LogP) is 1.02. The summed E-state index contributed by atoms with van der Waals surface area (Å²) in [4.78, 5) is 33.8. The molecule has 9 heteroatoms. The fourth-order valence-electron chi connectivity index (χ4n) is 2.04. The van der Waals surface area contributed by atoms with Crippen molar-refractivity contribution < 1.29 is 4.79 Å². The monoisotopic (exact) mass is 362 g/mol. The van der Waals surface area contributed by atoms with Crippen LogP contribution in [-0.4, -0.2) is 30.8 Å². The molecule has 1 amide bonds. The Bertz CT molecular complexity index is 916. The molecule has 22 heavy (non-hydrogen) atoms. The van der Waals surface area contributed by atoms with Crippen molar-refractivity contribution >= 4 is 44.6 Å². The average molecular weight is 363 g/mol. The normalized spacial score (nSPS) is 10.8. The van der Waals surface area contributed by atoms with Crippen LogP contribution in [0.15, 0.2) is 35.4 Å². The van der Waals surface area contributed by atoms with E-state index in [1.165, 1.54) is 6.33 Å². The van der Waals surface area contributed by atoms with Gasteiger partial charge in [0.2, 0.25) is 11.9 Å². The second kappa shape index (κ2) is 5.60. The Morgan fingerprint density at radius 1 is 1.45 bits per heavy atom. The summed E-state index contributed by atoms with van der Waals surface area (Å²) in [7, 11) is 0. The van der Waals surface area contributed by atoms with Crippen LogP contribution in [-0.2, 0) is 4.79 Å². The molecule has 8 nitrogen and oxygen atoms in total. The smallest absolute Gasteiger partial charge is 0.280 e. The number of anilines is 2.